The maximum Gasteiger partial charge on any atom is 0.328 e. The number of rotatable bonds is 23. The maximum atomic E-state index is 15.1. The number of fused-ring (bicyclic) bond motifs is 3. The van der Waals surface area contributed by atoms with Gasteiger partial charge in [-0.2, -0.15) is 0 Å². The van der Waals surface area contributed by atoms with E-state index in [0.29, 0.717) is 166 Å². The van der Waals surface area contributed by atoms with E-state index in [0.717, 1.165) is 38.4 Å². The molecule has 12 heterocycles. The minimum atomic E-state index is -0.903. The fraction of sp³-hybridized carbons (Fsp3) is 0.359. The van der Waals surface area contributed by atoms with Gasteiger partial charge in [0.15, 0.2) is 0 Å². The van der Waals surface area contributed by atoms with Gasteiger partial charge in [-0.3, -0.25) is 37.7 Å². The normalized spacial score (nSPS) is 14.1. The van der Waals surface area contributed by atoms with E-state index in [1.807, 2.05) is 99.0 Å². The van der Waals surface area contributed by atoms with Crippen molar-refractivity contribution in [1.82, 2.24) is 73.7 Å². The molecule has 0 radical (unpaired) electrons. The Hall–Kier alpha value is -12.9. The van der Waals surface area contributed by atoms with Gasteiger partial charge >= 0.3 is 5.97 Å². The number of carboxylic acid groups (broad SMARTS) is 1. The number of pyridine rings is 6. The van der Waals surface area contributed by atoms with E-state index < -0.39 is 40.1 Å². The van der Waals surface area contributed by atoms with Crippen LogP contribution in [0.5, 0.6) is 0 Å². The van der Waals surface area contributed by atoms with Crippen LogP contribution in [-0.2, 0) is 14.4 Å². The highest BCUT2D eigenvalue weighted by atomic mass is 79.9. The molecule has 1 aliphatic carbocycles. The molecule has 9 aromatic heterocycles. The van der Waals surface area contributed by atoms with Crippen molar-refractivity contribution in [2.75, 3.05) is 97.4 Å². The summed E-state index contributed by atoms with van der Waals surface area (Å²) < 4.78 is 49.5. The summed E-state index contributed by atoms with van der Waals surface area (Å²) >= 11 is 26.8. The average Bonchev–Trinajstić information content (AvgIpc) is 1.66. The maximum absolute atomic E-state index is 15.1. The first-order chi connectivity index (χ1) is 66.7. The van der Waals surface area contributed by atoms with Gasteiger partial charge in [-0.05, 0) is 128 Å². The highest BCUT2D eigenvalue weighted by Crippen LogP contribution is 2.47. The topological polar surface area (TPSA) is 295 Å². The fourth-order valence-electron chi connectivity index (χ4n) is 17.2. The predicted molar refractivity (Wildman–Crippen MR) is 551 cm³/mol. The van der Waals surface area contributed by atoms with Crippen LogP contribution in [0.1, 0.15) is 185 Å². The van der Waals surface area contributed by atoms with Gasteiger partial charge in [-0.15, -0.1) is 0 Å². The molecular formula is C103H105Br2Cl3F3N21O7. The number of allylic oxidation sites excluding steroid dienone is 2. The molecule has 0 bridgehead atoms. The Bertz CT molecular complexity index is 7050. The van der Waals surface area contributed by atoms with E-state index in [4.69, 9.17) is 74.6 Å². The molecular weight excluding hydrogens is 1970 g/mol. The molecule has 16 rings (SSSR count). The van der Waals surface area contributed by atoms with Crippen LogP contribution in [0.4, 0.5) is 47.3 Å². The number of halogens is 8. The molecule has 12 aromatic rings. The Balaban J connectivity index is 0.000000170. The number of aliphatic carboxylic acids is 1. The second-order valence-corrected chi connectivity index (χ2v) is 38.0. The van der Waals surface area contributed by atoms with Gasteiger partial charge in [0, 0.05) is 134 Å². The standard InChI is InChI=1S/C36H38ClFN8O2.C33H32BrClFN7O2.C30H30ClFN6O.C4H5BrO2/c1-21(2)29-34(30(22(3)4)42-20-41-29)46-35-25(19-26(37)31(43-35)24-9-6-7-10-27(24)38)33(32(39-5)36(46)48)45-17-15-44(16-18-45)28(47)11-8-14-40-23-12-13-23;1-19(2)26-31(27(20(3)4)39-18-38-26)43-32-22(17-23(35)28(40-32)21-9-6-7-10-24(21)36)30(29(37-5)33(43)45)42-15-13-41(14-16-42)25(44)11-8-12-34;1-17(2)23-28(24(18(3)4)35-16-34-23)38-29-20(15-21(31)25(36-29)19-11-7-8-12-22(19)32)27(26(33-5)30(38)39)37-13-9-6-10-14-37;5-3-1-2-4(6)7/h6-11,19-23,40H,12-18H2,1-4H3;6-11,17-20H,12-16H2,1-4H3;7-8,11-12,15-18H,6,9-10,13-14H2,1-4H3;1-2H,3H2,(H,6,7)/b2*11-8+;;2-1+. The van der Waals surface area contributed by atoms with E-state index in [-0.39, 0.29) is 125 Å². The number of benzene rings is 3. The lowest BCUT2D eigenvalue weighted by Crippen LogP contribution is -2.48. The molecule has 2 amide bonds. The van der Waals surface area contributed by atoms with Crippen LogP contribution >= 0.6 is 66.7 Å². The van der Waals surface area contributed by atoms with Crippen LogP contribution in [0.3, 0.4) is 0 Å². The summed E-state index contributed by atoms with van der Waals surface area (Å²) in [5, 5.41) is 14.5. The van der Waals surface area contributed by atoms with Gasteiger partial charge < -0.3 is 34.9 Å². The number of carbonyl (C=O) groups is 3. The molecule has 3 aliphatic heterocycles. The Morgan fingerprint density at radius 2 is 0.705 bits per heavy atom. The zero-order valence-electron chi connectivity index (χ0n) is 79.0. The Kier molecular flexibility index (Phi) is 34.4. The first-order valence-electron chi connectivity index (χ1n) is 45.9. The lowest BCUT2D eigenvalue weighted by atomic mass is 10.0. The van der Waals surface area contributed by atoms with Gasteiger partial charge in [0.2, 0.25) is 11.8 Å². The van der Waals surface area contributed by atoms with Crippen molar-refractivity contribution in [1.29, 1.82) is 0 Å². The second kappa shape index (κ2) is 46.2. The number of anilines is 3. The van der Waals surface area contributed by atoms with Crippen molar-refractivity contribution in [2.24, 2.45) is 0 Å². The highest BCUT2D eigenvalue weighted by Gasteiger charge is 2.37. The van der Waals surface area contributed by atoms with Crippen LogP contribution < -0.4 is 36.7 Å². The molecule has 4 fully saturated rings. The summed E-state index contributed by atoms with van der Waals surface area (Å²) in [5.41, 5.74) is 6.59. The molecule has 28 nitrogen and oxygen atoms in total. The van der Waals surface area contributed by atoms with Crippen LogP contribution in [0.2, 0.25) is 15.1 Å². The number of carbonyl (C=O) groups excluding carboxylic acids is 2. The molecule has 4 aliphatic rings. The van der Waals surface area contributed by atoms with Crippen LogP contribution in [0.15, 0.2) is 161 Å². The highest BCUT2D eigenvalue weighted by molar-refractivity contribution is 9.09. The summed E-state index contributed by atoms with van der Waals surface area (Å²) in [6.07, 6.45) is 19.2. The fourth-order valence-corrected chi connectivity index (χ4v) is 18.4. The molecule has 3 aromatic carbocycles. The number of nitrogens with zero attached hydrogens (tertiary/aromatic N) is 20. The van der Waals surface area contributed by atoms with Crippen molar-refractivity contribution in [3.8, 4) is 50.8 Å². The summed E-state index contributed by atoms with van der Waals surface area (Å²) in [7, 11) is 0. The van der Waals surface area contributed by atoms with E-state index >= 15 is 8.78 Å². The third-order valence-corrected chi connectivity index (χ3v) is 25.6. The summed E-state index contributed by atoms with van der Waals surface area (Å²) in [6.45, 7) is 53.4. The zero-order valence-corrected chi connectivity index (χ0v) is 84.4. The van der Waals surface area contributed by atoms with E-state index in [9.17, 15) is 33.2 Å². The van der Waals surface area contributed by atoms with Crippen molar-refractivity contribution in [3.63, 3.8) is 0 Å². The Labute approximate surface area is 835 Å². The van der Waals surface area contributed by atoms with Crippen molar-refractivity contribution < 1.29 is 32.7 Å². The number of hydrogen-bond acceptors (Lipinski definition) is 19. The molecule has 36 heteroatoms. The van der Waals surface area contributed by atoms with Gasteiger partial charge in [0.25, 0.3) is 33.7 Å². The van der Waals surface area contributed by atoms with E-state index in [1.54, 1.807) is 94.7 Å². The summed E-state index contributed by atoms with van der Waals surface area (Å²) in [4.78, 5) is 142. The lowest BCUT2D eigenvalue weighted by Gasteiger charge is -2.37. The number of alkyl halides is 2. The third-order valence-electron chi connectivity index (χ3n) is 24.0. The smallest absolute Gasteiger partial charge is 0.328 e. The summed E-state index contributed by atoms with van der Waals surface area (Å²) in [6, 6.07) is 24.2. The first-order valence-corrected chi connectivity index (χ1v) is 49.3. The summed E-state index contributed by atoms with van der Waals surface area (Å²) in [5.74, 6) is -3.05. The van der Waals surface area contributed by atoms with Crippen LogP contribution in [-0.4, -0.2) is 180 Å². The first kappa shape index (κ1) is 103. The number of aromatic nitrogens is 12. The molecule has 0 unspecified atom stereocenters. The molecule has 1 saturated carbocycles. The van der Waals surface area contributed by atoms with Crippen molar-refractivity contribution >= 4 is 152 Å². The quantitative estimate of drug-likeness (QED) is 0.0342. The van der Waals surface area contributed by atoms with Crippen LogP contribution in [0.25, 0.3) is 98.5 Å². The lowest BCUT2D eigenvalue weighted by molar-refractivity contribution is -0.131. The number of piperidine rings is 1. The Morgan fingerprint density at radius 1 is 0.424 bits per heavy atom. The molecule has 139 heavy (non-hydrogen) atoms. The van der Waals surface area contributed by atoms with Gasteiger partial charge in [0.05, 0.1) is 120 Å². The molecule has 0 atom stereocenters. The predicted octanol–water partition coefficient (Wildman–Crippen LogP) is 21.9. The van der Waals surface area contributed by atoms with E-state index in [2.05, 4.69) is 86.5 Å². The second-order valence-electron chi connectivity index (χ2n) is 35.5. The minimum absolute atomic E-state index is 0.00849. The third kappa shape index (κ3) is 22.5. The number of nitrogens with one attached hydrogen (secondary N) is 1. The number of amides is 2. The SMILES string of the molecule is O=C(O)/C=C/CBr.[C-]#[N+]c1c(N2CCCCC2)c2cc(Cl)c(-c3ccccc3F)nc2n(-c2c(C(C)C)ncnc2C(C)C)c1=O.[C-]#[N+]c1c(N2CCN(C(=O)/C=C/CBr)CC2)c2cc(Cl)c(-c3ccccc3F)nc2n(-c2c(C(C)C)ncnc2C(C)C)c1=O.[C-]#[N+]c1c(N2CCN(C(=O)/C=C/CNC3CC3)CC2)c2cc(Cl)c(-c3ccccc3F)nc2n(-c2c(C(C)C)ncnc2C(C)C)c1=O. The van der Waals surface area contributed by atoms with Crippen molar-refractivity contribution in [3.05, 3.63) is 278 Å². The molecule has 0 spiro atoms. The molecule has 3 saturated heterocycles. The Morgan fingerprint density at radius 3 is 0.964 bits per heavy atom. The minimum Gasteiger partial charge on any atom is -0.478 e. The average molecular weight is 2070 g/mol. The van der Waals surface area contributed by atoms with Gasteiger partial charge in [-0.1, -0.05) is 204 Å². The molecule has 720 valence electrons. The number of carboxylic acids is 1. The van der Waals surface area contributed by atoms with Crippen LogP contribution in [0, 0.1) is 37.2 Å². The number of piperazine rings is 2. The monoisotopic (exact) mass is 2070 g/mol. The molecule has 2 N–H and O–H groups in total. The van der Waals surface area contributed by atoms with E-state index in [1.165, 1.54) is 75.9 Å². The largest absolute Gasteiger partial charge is 0.478 e. The van der Waals surface area contributed by atoms with Gasteiger partial charge in [0.1, 0.15) is 53.4 Å². The van der Waals surface area contributed by atoms with Gasteiger partial charge in [-0.25, -0.2) is 77.4 Å². The number of hydrogen-bond donors (Lipinski definition) is 2. The van der Waals surface area contributed by atoms with Crippen molar-refractivity contribution in [2.45, 2.75) is 157 Å². The zero-order chi connectivity index (χ0) is 100.